The van der Waals surface area contributed by atoms with Gasteiger partial charge in [-0.05, 0) is 0 Å². The van der Waals surface area contributed by atoms with E-state index >= 15 is 0 Å². The highest BCUT2D eigenvalue weighted by atomic mass is 32.3. The molecule has 1 rings (SSSR count). The molecule has 0 aromatic carbocycles. The van der Waals surface area contributed by atoms with Gasteiger partial charge in [-0.2, -0.15) is 12.7 Å². The van der Waals surface area contributed by atoms with Crippen molar-refractivity contribution in [1.29, 1.82) is 0 Å². The van der Waals surface area contributed by atoms with E-state index in [1.165, 1.54) is 23.9 Å². The van der Waals surface area contributed by atoms with Crippen LogP contribution < -0.4 is 0 Å². The van der Waals surface area contributed by atoms with E-state index in [4.69, 9.17) is 0 Å². The van der Waals surface area contributed by atoms with Gasteiger partial charge in [0, 0.05) is 38.7 Å². The van der Waals surface area contributed by atoms with Crippen LogP contribution in [0.5, 0.6) is 0 Å². The number of carbonyl (C=O) groups excluding carboxylic acids is 1. The molecule has 1 aliphatic heterocycles. The first-order valence-electron chi connectivity index (χ1n) is 5.62. The Hall–Kier alpha value is -0.710. The first-order valence-corrected chi connectivity index (χ1v) is 9.34. The van der Waals surface area contributed by atoms with Gasteiger partial charge in [-0.15, -0.1) is 0 Å². The second kappa shape index (κ2) is 6.16. The molecule has 0 aromatic heterocycles. The lowest BCUT2D eigenvalue weighted by atomic mass is 10.3. The van der Waals surface area contributed by atoms with Crippen molar-refractivity contribution in [2.45, 2.75) is 0 Å². The summed E-state index contributed by atoms with van der Waals surface area (Å²) < 4.78 is 44.3. The van der Waals surface area contributed by atoms with Crippen molar-refractivity contribution in [1.82, 2.24) is 9.21 Å². The van der Waals surface area contributed by atoms with Gasteiger partial charge in [0.15, 0.2) is 0 Å². The van der Waals surface area contributed by atoms with E-state index in [2.05, 4.69) is 8.50 Å². The maximum absolute atomic E-state index is 11.9. The average molecular weight is 313 g/mol. The number of esters is 1. The number of piperazine rings is 1. The molecule has 0 saturated carbocycles. The molecular formula is C9H19N3O5S2. The molecule has 1 fully saturated rings. The third kappa shape index (κ3) is 5.43. The van der Waals surface area contributed by atoms with E-state index in [-0.39, 0.29) is 25.6 Å². The van der Waals surface area contributed by atoms with E-state index in [1.807, 2.05) is 0 Å². The minimum absolute atomic E-state index is 0.139. The van der Waals surface area contributed by atoms with Crippen LogP contribution in [-0.2, 0) is 29.5 Å². The zero-order valence-electron chi connectivity index (χ0n) is 11.2. The van der Waals surface area contributed by atoms with Crippen LogP contribution in [0, 0.1) is 0 Å². The Balaban J connectivity index is 2.64. The average Bonchev–Trinajstić information content (AvgIpc) is 2.26. The molecule has 0 N–H and O–H groups in total. The molecule has 8 nitrogen and oxygen atoms in total. The summed E-state index contributed by atoms with van der Waals surface area (Å²) in [6.07, 6.45) is 2.55. The van der Waals surface area contributed by atoms with Crippen LogP contribution in [0.1, 0.15) is 0 Å². The Morgan fingerprint density at radius 1 is 1.16 bits per heavy atom. The molecular weight excluding hydrogens is 294 g/mol. The standard InChI is InChI=1S/C9H19N3O5S2/c1-17-9(13)8-11-4-6-12(7-5-11)19(15,16)10-18(2,3)14/h4-8H2,1-3H3. The predicted molar refractivity (Wildman–Crippen MR) is 71.4 cm³/mol. The normalized spacial score (nSPS) is 19.1. The van der Waals surface area contributed by atoms with Crippen molar-refractivity contribution in [2.75, 3.05) is 52.3 Å². The number of hydrogen-bond donors (Lipinski definition) is 0. The minimum Gasteiger partial charge on any atom is -0.468 e. The van der Waals surface area contributed by atoms with Gasteiger partial charge in [0.2, 0.25) is 0 Å². The van der Waals surface area contributed by atoms with Gasteiger partial charge in [0.25, 0.3) is 0 Å². The fourth-order valence-corrected chi connectivity index (χ4v) is 4.46. The highest BCUT2D eigenvalue weighted by Crippen LogP contribution is 2.10. The SMILES string of the molecule is COC(=O)CN1CCN(S(=O)(=O)N=S(C)(C)=O)CC1. The molecule has 19 heavy (non-hydrogen) atoms. The Bertz CT molecular complexity index is 534. The number of hydrogen-bond acceptors (Lipinski definition) is 6. The van der Waals surface area contributed by atoms with Gasteiger partial charge in [0.05, 0.1) is 23.4 Å². The molecule has 0 amide bonds. The van der Waals surface area contributed by atoms with Gasteiger partial charge < -0.3 is 4.74 Å². The van der Waals surface area contributed by atoms with E-state index in [9.17, 15) is 17.4 Å². The topological polar surface area (TPSA) is 96.3 Å². The largest absolute Gasteiger partial charge is 0.468 e. The molecule has 0 unspecified atom stereocenters. The summed E-state index contributed by atoms with van der Waals surface area (Å²) in [5.74, 6) is -0.355. The summed E-state index contributed by atoms with van der Waals surface area (Å²) in [5, 5.41) is 0. The lowest BCUT2D eigenvalue weighted by Gasteiger charge is -2.31. The first-order chi connectivity index (χ1) is 8.64. The van der Waals surface area contributed by atoms with Crippen LogP contribution in [-0.4, -0.2) is 80.1 Å². The van der Waals surface area contributed by atoms with Crippen LogP contribution in [0.25, 0.3) is 0 Å². The molecule has 1 saturated heterocycles. The molecule has 0 aliphatic carbocycles. The summed E-state index contributed by atoms with van der Waals surface area (Å²) in [6.45, 7) is 1.41. The number of methoxy groups -OCH3 is 1. The number of nitrogens with zero attached hydrogens (tertiary/aromatic N) is 3. The Kier molecular flexibility index (Phi) is 5.30. The van der Waals surface area contributed by atoms with E-state index in [0.717, 1.165) is 0 Å². The predicted octanol–water partition coefficient (Wildman–Crippen LogP) is -1.25. The maximum Gasteiger partial charge on any atom is 0.330 e. The van der Waals surface area contributed by atoms with Crippen LogP contribution in [0.3, 0.4) is 0 Å². The molecule has 0 bridgehead atoms. The second-order valence-corrected chi connectivity index (χ2v) is 8.86. The molecule has 1 aliphatic rings. The Morgan fingerprint density at radius 3 is 2.11 bits per heavy atom. The van der Waals surface area contributed by atoms with E-state index in [0.29, 0.717) is 13.1 Å². The van der Waals surface area contributed by atoms with Gasteiger partial charge in [-0.25, -0.2) is 4.21 Å². The summed E-state index contributed by atoms with van der Waals surface area (Å²) in [7, 11) is -5.26. The van der Waals surface area contributed by atoms with Crippen molar-refractivity contribution in [3.8, 4) is 0 Å². The molecule has 0 aromatic rings. The maximum atomic E-state index is 11.9. The third-order valence-corrected chi connectivity index (χ3v) is 5.72. The number of rotatable bonds is 4. The Labute approximate surface area is 114 Å². The van der Waals surface area contributed by atoms with Crippen molar-refractivity contribution in [3.05, 3.63) is 0 Å². The van der Waals surface area contributed by atoms with Gasteiger partial charge in [-0.1, -0.05) is 3.77 Å². The molecule has 10 heteroatoms. The summed E-state index contributed by atoms with van der Waals surface area (Å²) in [5.41, 5.74) is 0. The third-order valence-electron chi connectivity index (χ3n) is 2.51. The molecule has 0 radical (unpaired) electrons. The van der Waals surface area contributed by atoms with E-state index in [1.54, 1.807) is 4.90 Å². The highest BCUT2D eigenvalue weighted by Gasteiger charge is 2.27. The lowest BCUT2D eigenvalue weighted by Crippen LogP contribution is -2.49. The minimum atomic E-state index is -3.86. The molecule has 1 heterocycles. The fraction of sp³-hybridized carbons (Fsp3) is 0.889. The zero-order valence-corrected chi connectivity index (χ0v) is 12.9. The summed E-state index contributed by atoms with van der Waals surface area (Å²) >= 11 is 0. The molecule has 0 atom stereocenters. The second-order valence-electron chi connectivity index (χ2n) is 4.48. The summed E-state index contributed by atoms with van der Waals surface area (Å²) in [4.78, 5) is 12.9. The first kappa shape index (κ1) is 16.3. The zero-order chi connectivity index (χ0) is 14.7. The van der Waals surface area contributed by atoms with Gasteiger partial charge in [-0.3, -0.25) is 9.69 Å². The van der Waals surface area contributed by atoms with Gasteiger partial charge in [0.1, 0.15) is 0 Å². The summed E-state index contributed by atoms with van der Waals surface area (Å²) in [6, 6.07) is 0. The van der Waals surface area contributed by atoms with Gasteiger partial charge >= 0.3 is 16.2 Å². The number of carbonyl (C=O) groups is 1. The highest BCUT2D eigenvalue weighted by molar-refractivity contribution is 8.01. The van der Waals surface area contributed by atoms with Crippen molar-refractivity contribution in [3.63, 3.8) is 0 Å². The van der Waals surface area contributed by atoms with Crippen LogP contribution >= 0.6 is 0 Å². The monoisotopic (exact) mass is 313 g/mol. The number of ether oxygens (including phenoxy) is 1. The van der Waals surface area contributed by atoms with Crippen LogP contribution in [0.15, 0.2) is 3.77 Å². The van der Waals surface area contributed by atoms with Crippen molar-refractivity contribution in [2.24, 2.45) is 3.77 Å². The van der Waals surface area contributed by atoms with Crippen molar-refractivity contribution >= 4 is 25.9 Å². The quantitative estimate of drug-likeness (QED) is 0.602. The smallest absolute Gasteiger partial charge is 0.330 e. The lowest BCUT2D eigenvalue weighted by molar-refractivity contribution is -0.142. The molecule has 0 spiro atoms. The molecule has 112 valence electrons. The van der Waals surface area contributed by atoms with Crippen molar-refractivity contribution < 1.29 is 22.2 Å². The van der Waals surface area contributed by atoms with Crippen LogP contribution in [0.2, 0.25) is 0 Å². The Morgan fingerprint density at radius 2 is 1.68 bits per heavy atom. The van der Waals surface area contributed by atoms with E-state index < -0.39 is 19.9 Å². The van der Waals surface area contributed by atoms with Crippen LogP contribution in [0.4, 0.5) is 0 Å². The fourth-order valence-electron chi connectivity index (χ4n) is 1.64.